The Labute approximate surface area is 179 Å². The lowest BCUT2D eigenvalue weighted by Gasteiger charge is -2.46. The van der Waals surface area contributed by atoms with Gasteiger partial charge >= 0.3 is 0 Å². The number of hydrogen-bond acceptors (Lipinski definition) is 3. The van der Waals surface area contributed by atoms with Crippen molar-refractivity contribution in [3.8, 4) is 0 Å². The number of likely N-dealkylation sites (tertiary alicyclic amines) is 1. The van der Waals surface area contributed by atoms with Gasteiger partial charge in [0.25, 0.3) is 5.91 Å². The van der Waals surface area contributed by atoms with Crippen LogP contribution in [0, 0.1) is 0 Å². The van der Waals surface area contributed by atoms with Gasteiger partial charge in [-0.25, -0.2) is 0 Å². The number of carbonyl (C=O) groups excluding carboxylic acids is 2. The van der Waals surface area contributed by atoms with Gasteiger partial charge in [0.05, 0.1) is 11.7 Å². The van der Waals surface area contributed by atoms with Crippen LogP contribution < -0.4 is 5.32 Å². The minimum absolute atomic E-state index is 0.0747. The molecular formula is C25H31N3O2. The highest BCUT2D eigenvalue weighted by molar-refractivity contribution is 5.94. The number of rotatable bonds is 5. The van der Waals surface area contributed by atoms with Crippen LogP contribution in [0.15, 0.2) is 60.7 Å². The van der Waals surface area contributed by atoms with Gasteiger partial charge in [0.2, 0.25) is 5.91 Å². The molecule has 2 amide bonds. The molecule has 0 radical (unpaired) electrons. The van der Waals surface area contributed by atoms with Gasteiger partial charge in [0.15, 0.2) is 0 Å². The quantitative estimate of drug-likeness (QED) is 0.829. The highest BCUT2D eigenvalue weighted by Crippen LogP contribution is 2.36. The maximum atomic E-state index is 13.4. The van der Waals surface area contributed by atoms with Crippen molar-refractivity contribution < 1.29 is 9.59 Å². The molecule has 4 rings (SSSR count). The van der Waals surface area contributed by atoms with E-state index in [1.54, 1.807) is 0 Å². The van der Waals surface area contributed by atoms with Gasteiger partial charge in [0, 0.05) is 37.5 Å². The van der Waals surface area contributed by atoms with Crippen molar-refractivity contribution in [2.45, 2.75) is 57.3 Å². The molecular weight excluding hydrogens is 374 g/mol. The summed E-state index contributed by atoms with van der Waals surface area (Å²) >= 11 is 0. The molecule has 0 saturated carbocycles. The second-order valence-electron chi connectivity index (χ2n) is 8.54. The first-order valence-electron chi connectivity index (χ1n) is 11.0. The van der Waals surface area contributed by atoms with Crippen LogP contribution >= 0.6 is 0 Å². The van der Waals surface area contributed by atoms with Gasteiger partial charge in [-0.3, -0.25) is 14.9 Å². The van der Waals surface area contributed by atoms with Crippen LogP contribution in [0.5, 0.6) is 0 Å². The molecule has 2 aliphatic heterocycles. The molecule has 2 saturated heterocycles. The fourth-order valence-electron chi connectivity index (χ4n) is 4.87. The summed E-state index contributed by atoms with van der Waals surface area (Å²) < 4.78 is 0. The van der Waals surface area contributed by atoms with E-state index in [-0.39, 0.29) is 29.6 Å². The minimum Gasteiger partial charge on any atom is -0.338 e. The van der Waals surface area contributed by atoms with Crippen molar-refractivity contribution >= 4 is 11.8 Å². The molecule has 0 aromatic heterocycles. The van der Waals surface area contributed by atoms with E-state index in [1.807, 2.05) is 53.4 Å². The molecule has 1 spiro atoms. The van der Waals surface area contributed by atoms with E-state index in [0.717, 1.165) is 24.8 Å². The number of piperidine rings is 1. The molecule has 2 atom stereocenters. The van der Waals surface area contributed by atoms with E-state index in [0.29, 0.717) is 19.5 Å². The normalized spacial score (nSPS) is 21.8. The Kier molecular flexibility index (Phi) is 5.91. The summed E-state index contributed by atoms with van der Waals surface area (Å²) in [4.78, 5) is 30.3. The van der Waals surface area contributed by atoms with Gasteiger partial charge in [-0.15, -0.1) is 0 Å². The smallest absolute Gasteiger partial charge is 0.253 e. The highest BCUT2D eigenvalue weighted by Gasteiger charge is 2.52. The van der Waals surface area contributed by atoms with E-state index in [9.17, 15) is 9.59 Å². The van der Waals surface area contributed by atoms with E-state index in [1.165, 1.54) is 5.56 Å². The van der Waals surface area contributed by atoms with Crippen molar-refractivity contribution in [3.63, 3.8) is 0 Å². The van der Waals surface area contributed by atoms with Crippen LogP contribution in [0.2, 0.25) is 0 Å². The molecule has 0 aliphatic carbocycles. The fraction of sp³-hybridized carbons (Fsp3) is 0.440. The largest absolute Gasteiger partial charge is 0.338 e. The van der Waals surface area contributed by atoms with Gasteiger partial charge in [-0.05, 0) is 37.5 Å². The molecule has 30 heavy (non-hydrogen) atoms. The molecule has 2 fully saturated rings. The maximum Gasteiger partial charge on any atom is 0.253 e. The second-order valence-corrected chi connectivity index (χ2v) is 8.54. The van der Waals surface area contributed by atoms with Crippen molar-refractivity contribution in [1.29, 1.82) is 0 Å². The molecule has 5 heteroatoms. The highest BCUT2D eigenvalue weighted by atomic mass is 16.2. The summed E-state index contributed by atoms with van der Waals surface area (Å²) in [6.07, 6.45) is 3.13. The lowest BCUT2D eigenvalue weighted by molar-refractivity contribution is -0.136. The number of hydrogen-bond donors (Lipinski definition) is 1. The first-order chi connectivity index (χ1) is 14.5. The summed E-state index contributed by atoms with van der Waals surface area (Å²) in [6, 6.07) is 19.6. The maximum absolute atomic E-state index is 13.4. The number of benzene rings is 2. The molecule has 158 valence electrons. The van der Waals surface area contributed by atoms with Crippen molar-refractivity contribution in [1.82, 2.24) is 15.1 Å². The predicted octanol–water partition coefficient (Wildman–Crippen LogP) is 3.46. The minimum atomic E-state index is -0.362. The molecule has 5 nitrogen and oxygen atoms in total. The molecule has 0 unspecified atom stereocenters. The standard InChI is InChI=1S/C25H31N3O2/c1-3-19(2)28-24(30)22(18-20-10-6-4-7-11-20)26-25(28)14-16-27(17-15-25)23(29)21-12-8-5-9-13-21/h4-13,19,22,26H,3,14-18H2,1-2H3/t19-,22-/m1/s1. The topological polar surface area (TPSA) is 52.7 Å². The van der Waals surface area contributed by atoms with Crippen LogP contribution in [-0.4, -0.2) is 52.5 Å². The van der Waals surface area contributed by atoms with Crippen LogP contribution in [0.25, 0.3) is 0 Å². The Morgan fingerprint density at radius 3 is 2.27 bits per heavy atom. The summed E-state index contributed by atoms with van der Waals surface area (Å²) in [5.41, 5.74) is 1.53. The average molecular weight is 406 g/mol. The molecule has 1 N–H and O–H groups in total. The van der Waals surface area contributed by atoms with Crippen molar-refractivity contribution in [2.24, 2.45) is 0 Å². The predicted molar refractivity (Wildman–Crippen MR) is 118 cm³/mol. The van der Waals surface area contributed by atoms with Crippen LogP contribution in [-0.2, 0) is 11.2 Å². The third kappa shape index (κ3) is 3.86. The van der Waals surface area contributed by atoms with Gasteiger partial charge in [-0.1, -0.05) is 55.5 Å². The van der Waals surface area contributed by atoms with E-state index < -0.39 is 0 Å². The Morgan fingerprint density at radius 2 is 1.67 bits per heavy atom. The average Bonchev–Trinajstić information content (AvgIpc) is 3.05. The Hall–Kier alpha value is -2.66. The van der Waals surface area contributed by atoms with Gasteiger partial charge in [0.1, 0.15) is 0 Å². The van der Waals surface area contributed by atoms with E-state index in [2.05, 4.69) is 36.2 Å². The SMILES string of the molecule is CC[C@@H](C)N1C(=O)[C@@H](Cc2ccccc2)NC12CCN(C(=O)c1ccccc1)CC2. The number of amides is 2. The summed E-state index contributed by atoms with van der Waals surface area (Å²) in [5, 5.41) is 3.71. The zero-order valence-electron chi connectivity index (χ0n) is 17.9. The zero-order valence-corrected chi connectivity index (χ0v) is 17.9. The second kappa shape index (κ2) is 8.60. The number of carbonyl (C=O) groups is 2. The Bertz CT molecular complexity index is 876. The monoisotopic (exact) mass is 405 g/mol. The first-order valence-corrected chi connectivity index (χ1v) is 11.0. The number of nitrogens with zero attached hydrogens (tertiary/aromatic N) is 2. The molecule has 2 heterocycles. The van der Waals surface area contributed by atoms with Crippen LogP contribution in [0.3, 0.4) is 0 Å². The van der Waals surface area contributed by atoms with Crippen molar-refractivity contribution in [3.05, 3.63) is 71.8 Å². The van der Waals surface area contributed by atoms with Gasteiger partial charge < -0.3 is 9.80 Å². The van der Waals surface area contributed by atoms with E-state index >= 15 is 0 Å². The van der Waals surface area contributed by atoms with E-state index in [4.69, 9.17) is 0 Å². The molecule has 2 aliphatic rings. The molecule has 0 bridgehead atoms. The molecule has 2 aromatic carbocycles. The van der Waals surface area contributed by atoms with Gasteiger partial charge in [-0.2, -0.15) is 0 Å². The third-order valence-corrected chi connectivity index (χ3v) is 6.65. The lowest BCUT2D eigenvalue weighted by Crippen LogP contribution is -2.61. The van der Waals surface area contributed by atoms with Crippen LogP contribution in [0.1, 0.15) is 49.0 Å². The Morgan fingerprint density at radius 1 is 1.07 bits per heavy atom. The third-order valence-electron chi connectivity index (χ3n) is 6.65. The first kappa shape index (κ1) is 20.6. The Balaban J connectivity index is 1.51. The summed E-state index contributed by atoms with van der Waals surface area (Å²) in [5.74, 6) is 0.265. The lowest BCUT2D eigenvalue weighted by atomic mass is 9.93. The van der Waals surface area contributed by atoms with Crippen LogP contribution in [0.4, 0.5) is 0 Å². The van der Waals surface area contributed by atoms with Crippen molar-refractivity contribution in [2.75, 3.05) is 13.1 Å². The summed E-state index contributed by atoms with van der Waals surface area (Å²) in [7, 11) is 0. The summed E-state index contributed by atoms with van der Waals surface area (Å²) in [6.45, 7) is 5.57. The number of nitrogens with one attached hydrogen (secondary N) is 1. The molecule has 2 aromatic rings. The zero-order chi connectivity index (χ0) is 21.1. The fourth-order valence-corrected chi connectivity index (χ4v) is 4.87.